The van der Waals surface area contributed by atoms with Crippen LogP contribution in [0.2, 0.25) is 0 Å². The molecule has 70 valence electrons. The Morgan fingerprint density at radius 3 is 2.31 bits per heavy atom. The van der Waals surface area contributed by atoms with Crippen LogP contribution < -0.4 is 0 Å². The van der Waals surface area contributed by atoms with E-state index in [4.69, 9.17) is 0 Å². The topological polar surface area (TPSA) is 42.9 Å². The number of ketones is 1. The second kappa shape index (κ2) is 3.12. The molecule has 0 saturated carbocycles. The lowest BCUT2D eigenvalue weighted by atomic mass is 10.3. The van der Waals surface area contributed by atoms with Crippen LogP contribution in [0, 0.1) is 6.92 Å². The molecule has 0 radical (unpaired) electrons. The zero-order chi connectivity index (χ0) is 10.1. The molecule has 0 amide bonds. The number of Topliss-reactive ketones (excluding diaryl/α,β-unsaturated/α-hetero) is 1. The fourth-order valence-electron chi connectivity index (χ4n) is 0.655. The molecule has 0 bridgehead atoms. The fraction of sp³-hybridized carbons (Fsp3) is 0.286. The van der Waals surface area contributed by atoms with E-state index in [1.54, 1.807) is 6.92 Å². The molecule has 1 aromatic rings. The van der Waals surface area contributed by atoms with E-state index in [2.05, 4.69) is 9.97 Å². The molecule has 6 heteroatoms. The average Bonchev–Trinajstić information content (AvgIpc) is 2.03. The van der Waals surface area contributed by atoms with Crippen LogP contribution in [0.15, 0.2) is 12.4 Å². The maximum absolute atomic E-state index is 11.8. The number of nitrogens with zero attached hydrogens (tertiary/aromatic N) is 2. The monoisotopic (exact) mass is 190 g/mol. The molecule has 3 nitrogen and oxygen atoms in total. The summed E-state index contributed by atoms with van der Waals surface area (Å²) in [5, 5.41) is 0. The van der Waals surface area contributed by atoms with Gasteiger partial charge in [0.05, 0.1) is 11.9 Å². The first kappa shape index (κ1) is 9.63. The van der Waals surface area contributed by atoms with Crippen molar-refractivity contribution in [2.45, 2.75) is 13.1 Å². The molecule has 0 unspecified atom stereocenters. The quantitative estimate of drug-likeness (QED) is 0.630. The van der Waals surface area contributed by atoms with Gasteiger partial charge in [-0.05, 0) is 6.92 Å². The van der Waals surface area contributed by atoms with E-state index in [0.717, 1.165) is 12.4 Å². The minimum absolute atomic E-state index is 0.457. The second-order valence-corrected chi connectivity index (χ2v) is 2.37. The van der Waals surface area contributed by atoms with E-state index in [1.165, 1.54) is 0 Å². The van der Waals surface area contributed by atoms with Crippen LogP contribution in [-0.4, -0.2) is 21.9 Å². The summed E-state index contributed by atoms with van der Waals surface area (Å²) in [6.07, 6.45) is -2.96. The highest BCUT2D eigenvalue weighted by atomic mass is 19.4. The Labute approximate surface area is 71.6 Å². The van der Waals surface area contributed by atoms with Gasteiger partial charge in [0.25, 0.3) is 5.78 Å². The Balaban J connectivity index is 2.97. The number of alkyl halides is 3. The number of aryl methyl sites for hydroxylation is 1. The standard InChI is InChI=1S/C7H5F3N2O/c1-4-2-12-5(3-11-4)6(13)7(8,9)10/h2-3H,1H3. The van der Waals surface area contributed by atoms with Crippen molar-refractivity contribution in [2.24, 2.45) is 0 Å². The summed E-state index contributed by atoms with van der Waals surface area (Å²) >= 11 is 0. The third-order valence-electron chi connectivity index (χ3n) is 1.27. The smallest absolute Gasteiger partial charge is 0.282 e. The molecule has 0 aliphatic carbocycles. The van der Waals surface area contributed by atoms with Crippen molar-refractivity contribution >= 4 is 5.78 Å². The molecule has 0 atom stereocenters. The second-order valence-electron chi connectivity index (χ2n) is 2.37. The molecule has 0 saturated heterocycles. The molecule has 0 N–H and O–H groups in total. The van der Waals surface area contributed by atoms with E-state index < -0.39 is 17.7 Å². The Morgan fingerprint density at radius 2 is 1.92 bits per heavy atom. The summed E-state index contributed by atoms with van der Waals surface area (Å²) in [6, 6.07) is 0. The van der Waals surface area contributed by atoms with Gasteiger partial charge < -0.3 is 0 Å². The highest BCUT2D eigenvalue weighted by Gasteiger charge is 2.40. The summed E-state index contributed by atoms with van der Waals surface area (Å²) in [6.45, 7) is 1.56. The molecule has 1 aromatic heterocycles. The van der Waals surface area contributed by atoms with Crippen LogP contribution in [0.5, 0.6) is 0 Å². The molecule has 0 aromatic carbocycles. The molecule has 0 fully saturated rings. The lowest BCUT2D eigenvalue weighted by molar-refractivity contribution is -0.0888. The Hall–Kier alpha value is -1.46. The van der Waals surface area contributed by atoms with Gasteiger partial charge in [0.1, 0.15) is 5.69 Å². The predicted molar refractivity (Wildman–Crippen MR) is 37.2 cm³/mol. The number of halogens is 3. The minimum Gasteiger partial charge on any atom is -0.282 e. The van der Waals surface area contributed by atoms with Gasteiger partial charge in [0.15, 0.2) is 0 Å². The zero-order valence-corrected chi connectivity index (χ0v) is 6.59. The van der Waals surface area contributed by atoms with Crippen molar-refractivity contribution in [1.29, 1.82) is 0 Å². The third kappa shape index (κ3) is 2.24. The molecular weight excluding hydrogens is 185 g/mol. The highest BCUT2D eigenvalue weighted by Crippen LogP contribution is 2.19. The number of carbonyl (C=O) groups is 1. The van der Waals surface area contributed by atoms with Crippen molar-refractivity contribution in [2.75, 3.05) is 0 Å². The van der Waals surface area contributed by atoms with E-state index in [-0.39, 0.29) is 0 Å². The summed E-state index contributed by atoms with van der Waals surface area (Å²) in [7, 11) is 0. The molecule has 13 heavy (non-hydrogen) atoms. The Kier molecular flexibility index (Phi) is 2.31. The lowest BCUT2D eigenvalue weighted by Gasteiger charge is -2.03. The van der Waals surface area contributed by atoms with Gasteiger partial charge in [-0.1, -0.05) is 0 Å². The first-order valence-electron chi connectivity index (χ1n) is 3.31. The van der Waals surface area contributed by atoms with Crippen LogP contribution >= 0.6 is 0 Å². The van der Waals surface area contributed by atoms with E-state index in [0.29, 0.717) is 5.69 Å². The van der Waals surface area contributed by atoms with Gasteiger partial charge in [-0.2, -0.15) is 13.2 Å². The van der Waals surface area contributed by atoms with Crippen molar-refractivity contribution < 1.29 is 18.0 Å². The molecule has 0 spiro atoms. The van der Waals surface area contributed by atoms with Gasteiger partial charge in [0, 0.05) is 6.20 Å². The van der Waals surface area contributed by atoms with Gasteiger partial charge in [-0.25, -0.2) is 4.98 Å². The van der Waals surface area contributed by atoms with Gasteiger partial charge in [-0.15, -0.1) is 0 Å². The molecule has 1 heterocycles. The average molecular weight is 190 g/mol. The van der Waals surface area contributed by atoms with Crippen molar-refractivity contribution in [1.82, 2.24) is 9.97 Å². The van der Waals surface area contributed by atoms with Crippen LogP contribution in [-0.2, 0) is 0 Å². The molecule has 1 rings (SSSR count). The first-order chi connectivity index (χ1) is 5.91. The number of rotatable bonds is 1. The highest BCUT2D eigenvalue weighted by molar-refractivity contribution is 5.98. The van der Waals surface area contributed by atoms with Crippen LogP contribution in [0.25, 0.3) is 0 Å². The number of aromatic nitrogens is 2. The normalized spacial score (nSPS) is 11.4. The van der Waals surface area contributed by atoms with Gasteiger partial charge in [-0.3, -0.25) is 9.78 Å². The summed E-state index contributed by atoms with van der Waals surface area (Å²) < 4.78 is 35.5. The van der Waals surface area contributed by atoms with Crippen molar-refractivity contribution in [3.63, 3.8) is 0 Å². The first-order valence-corrected chi connectivity index (χ1v) is 3.31. The number of hydrogen-bond donors (Lipinski definition) is 0. The SMILES string of the molecule is Cc1cnc(C(=O)C(F)(F)F)cn1. The summed E-state index contributed by atoms with van der Waals surface area (Å²) in [4.78, 5) is 17.4. The minimum atomic E-state index is -4.88. The maximum atomic E-state index is 11.8. The predicted octanol–water partition coefficient (Wildman–Crippen LogP) is 1.53. The Morgan fingerprint density at radius 1 is 1.31 bits per heavy atom. The zero-order valence-electron chi connectivity index (χ0n) is 6.59. The van der Waals surface area contributed by atoms with Crippen LogP contribution in [0.4, 0.5) is 13.2 Å². The summed E-state index contributed by atoms with van der Waals surface area (Å²) in [5.41, 5.74) is -0.225. The molecular formula is C7H5F3N2O. The van der Waals surface area contributed by atoms with Crippen LogP contribution in [0.1, 0.15) is 16.2 Å². The largest absolute Gasteiger partial charge is 0.456 e. The van der Waals surface area contributed by atoms with Crippen molar-refractivity contribution in [3.8, 4) is 0 Å². The third-order valence-corrected chi connectivity index (χ3v) is 1.27. The number of carbonyl (C=O) groups excluding carboxylic acids is 1. The van der Waals surface area contributed by atoms with E-state index >= 15 is 0 Å². The fourth-order valence-corrected chi connectivity index (χ4v) is 0.655. The van der Waals surface area contributed by atoms with E-state index in [1.807, 2.05) is 0 Å². The van der Waals surface area contributed by atoms with Crippen LogP contribution in [0.3, 0.4) is 0 Å². The maximum Gasteiger partial charge on any atom is 0.456 e. The number of hydrogen-bond acceptors (Lipinski definition) is 3. The molecule has 0 aliphatic rings. The Bertz CT molecular complexity index is 318. The van der Waals surface area contributed by atoms with Crippen molar-refractivity contribution in [3.05, 3.63) is 23.8 Å². The summed E-state index contributed by atoms with van der Waals surface area (Å²) in [5.74, 6) is -1.97. The molecule has 0 aliphatic heterocycles. The van der Waals surface area contributed by atoms with Gasteiger partial charge >= 0.3 is 6.18 Å². The lowest BCUT2D eigenvalue weighted by Crippen LogP contribution is -2.23. The van der Waals surface area contributed by atoms with E-state index in [9.17, 15) is 18.0 Å². The van der Waals surface area contributed by atoms with Gasteiger partial charge in [0.2, 0.25) is 0 Å².